The van der Waals surface area contributed by atoms with Crippen molar-refractivity contribution in [1.82, 2.24) is 33.4 Å². The molecular weight excluding hydrogens is 432 g/mol. The number of aromatic nitrogens is 7. The molecule has 0 spiro atoms. The molecule has 162 valence electrons. The molecule has 0 saturated carbocycles. The Morgan fingerprint density at radius 2 is 1.84 bits per heavy atom. The van der Waals surface area contributed by atoms with Crippen LogP contribution in [-0.2, 0) is 27.7 Å². The molecule has 0 fully saturated rings. The zero-order valence-electron chi connectivity index (χ0n) is 17.6. The second-order valence-corrected chi connectivity index (χ2v) is 7.97. The molecule has 0 bridgehead atoms. The van der Waals surface area contributed by atoms with Gasteiger partial charge in [0.05, 0.1) is 6.54 Å². The van der Waals surface area contributed by atoms with Crippen molar-refractivity contribution in [3.8, 4) is 0 Å². The van der Waals surface area contributed by atoms with Crippen LogP contribution in [0.5, 0.6) is 0 Å². The molecule has 0 atom stereocenters. The van der Waals surface area contributed by atoms with Crippen LogP contribution in [-0.4, -0.2) is 33.4 Å². The molecule has 0 aliphatic rings. The van der Waals surface area contributed by atoms with Crippen molar-refractivity contribution in [2.24, 2.45) is 21.1 Å². The maximum atomic E-state index is 13.4. The van der Waals surface area contributed by atoms with E-state index in [1.54, 1.807) is 37.0 Å². The van der Waals surface area contributed by atoms with Crippen LogP contribution in [0, 0.1) is 0 Å². The van der Waals surface area contributed by atoms with Crippen LogP contribution in [0.3, 0.4) is 0 Å². The average Bonchev–Trinajstić information content (AvgIpc) is 3.27. The Balaban J connectivity index is 1.65. The summed E-state index contributed by atoms with van der Waals surface area (Å²) in [6.45, 7) is 0.113. The molecule has 4 heterocycles. The highest BCUT2D eigenvalue weighted by Gasteiger charge is 2.20. The normalized spacial score (nSPS) is 11.5. The maximum Gasteiger partial charge on any atom is 0.332 e. The summed E-state index contributed by atoms with van der Waals surface area (Å²) in [6.07, 6.45) is 1.56. The van der Waals surface area contributed by atoms with E-state index in [1.807, 2.05) is 35.9 Å². The fourth-order valence-corrected chi connectivity index (χ4v) is 4.05. The molecule has 32 heavy (non-hydrogen) atoms. The molecule has 1 N–H and O–H groups in total. The van der Waals surface area contributed by atoms with Gasteiger partial charge in [-0.25, -0.2) is 4.79 Å². The van der Waals surface area contributed by atoms with Gasteiger partial charge in [0.25, 0.3) is 5.56 Å². The van der Waals surface area contributed by atoms with Gasteiger partial charge in [-0.1, -0.05) is 11.6 Å². The third-order valence-electron chi connectivity index (χ3n) is 5.60. The molecule has 11 heteroatoms. The van der Waals surface area contributed by atoms with Gasteiger partial charge < -0.3 is 14.5 Å². The number of anilines is 2. The van der Waals surface area contributed by atoms with Gasteiger partial charge in [-0.05, 0) is 36.4 Å². The molecule has 0 amide bonds. The van der Waals surface area contributed by atoms with Crippen LogP contribution in [0.1, 0.15) is 5.69 Å². The number of halogens is 1. The van der Waals surface area contributed by atoms with E-state index in [0.717, 1.165) is 16.6 Å². The molecule has 0 aliphatic heterocycles. The lowest BCUT2D eigenvalue weighted by molar-refractivity contribution is 0.632. The van der Waals surface area contributed by atoms with Crippen molar-refractivity contribution in [3.63, 3.8) is 0 Å². The van der Waals surface area contributed by atoms with Crippen molar-refractivity contribution in [1.29, 1.82) is 0 Å². The minimum Gasteiger partial charge on any atom is -0.346 e. The Hall–Kier alpha value is -3.92. The molecule has 5 rings (SSSR count). The minimum atomic E-state index is -0.449. The van der Waals surface area contributed by atoms with Gasteiger partial charge in [0.2, 0.25) is 5.95 Å². The predicted molar refractivity (Wildman–Crippen MR) is 123 cm³/mol. The lowest BCUT2D eigenvalue weighted by Crippen LogP contribution is -2.40. The number of fused-ring (bicyclic) bond motifs is 2. The first kappa shape index (κ1) is 20.0. The van der Waals surface area contributed by atoms with Crippen LogP contribution >= 0.6 is 11.6 Å². The maximum absolute atomic E-state index is 13.4. The standard InChI is InChI=1S/C21H19ClN8O2/c1-27-14(10-12-9-13(22)6-7-15(12)27)11-30-19(31)17-18(29(3)21(30)32)25-20(28(17)2)24-16-5-4-8-23-26-16/h4-10H,11H2,1-3H3,(H,24,25,26). The lowest BCUT2D eigenvalue weighted by atomic mass is 10.2. The number of nitrogens with zero attached hydrogens (tertiary/aromatic N) is 7. The number of rotatable bonds is 4. The van der Waals surface area contributed by atoms with E-state index in [2.05, 4.69) is 20.5 Å². The molecule has 1 aromatic carbocycles. The Morgan fingerprint density at radius 3 is 2.59 bits per heavy atom. The highest BCUT2D eigenvalue weighted by Crippen LogP contribution is 2.23. The van der Waals surface area contributed by atoms with E-state index in [9.17, 15) is 9.59 Å². The summed E-state index contributed by atoms with van der Waals surface area (Å²) in [4.78, 5) is 30.9. The first-order chi connectivity index (χ1) is 15.3. The fraction of sp³-hybridized carbons (Fsp3) is 0.190. The van der Waals surface area contributed by atoms with Gasteiger partial charge >= 0.3 is 5.69 Å². The van der Waals surface area contributed by atoms with E-state index in [1.165, 1.54) is 9.13 Å². The number of nitrogens with one attached hydrogen (secondary N) is 1. The van der Waals surface area contributed by atoms with Gasteiger partial charge in [-0.2, -0.15) is 10.1 Å². The van der Waals surface area contributed by atoms with Gasteiger partial charge in [0, 0.05) is 49.0 Å². The van der Waals surface area contributed by atoms with Gasteiger partial charge in [0.15, 0.2) is 17.0 Å². The van der Waals surface area contributed by atoms with Crippen molar-refractivity contribution < 1.29 is 0 Å². The summed E-state index contributed by atoms with van der Waals surface area (Å²) in [5, 5.41) is 12.4. The highest BCUT2D eigenvalue weighted by molar-refractivity contribution is 6.31. The van der Waals surface area contributed by atoms with Crippen molar-refractivity contribution in [3.05, 3.63) is 74.1 Å². The van der Waals surface area contributed by atoms with Crippen LogP contribution < -0.4 is 16.6 Å². The Morgan fingerprint density at radius 1 is 1.03 bits per heavy atom. The zero-order valence-corrected chi connectivity index (χ0v) is 18.3. The quantitative estimate of drug-likeness (QED) is 0.450. The summed E-state index contributed by atoms with van der Waals surface area (Å²) < 4.78 is 6.15. The minimum absolute atomic E-state index is 0.113. The molecular formula is C21H19ClN8O2. The van der Waals surface area contributed by atoms with Gasteiger partial charge in [0.1, 0.15) is 0 Å². The Bertz CT molecular complexity index is 1610. The SMILES string of the molecule is Cn1c(Cn2c(=O)c3c(nc(Nc4cccnn4)n3C)n(C)c2=O)cc2cc(Cl)ccc21. The number of benzene rings is 1. The monoisotopic (exact) mass is 450 g/mol. The molecule has 0 aliphatic carbocycles. The first-order valence-electron chi connectivity index (χ1n) is 9.80. The summed E-state index contributed by atoms with van der Waals surface area (Å²) >= 11 is 6.11. The van der Waals surface area contributed by atoms with Crippen LogP contribution in [0.4, 0.5) is 11.8 Å². The summed E-state index contributed by atoms with van der Waals surface area (Å²) in [5.74, 6) is 0.856. The second kappa shape index (κ2) is 7.34. The lowest BCUT2D eigenvalue weighted by Gasteiger charge is -2.10. The third-order valence-corrected chi connectivity index (χ3v) is 5.83. The van der Waals surface area contributed by atoms with Crippen molar-refractivity contribution in [2.45, 2.75) is 6.54 Å². The third kappa shape index (κ3) is 3.07. The smallest absolute Gasteiger partial charge is 0.332 e. The summed E-state index contributed by atoms with van der Waals surface area (Å²) in [5.41, 5.74) is 1.49. The molecule has 0 unspecified atom stereocenters. The van der Waals surface area contributed by atoms with E-state index in [0.29, 0.717) is 22.3 Å². The average molecular weight is 451 g/mol. The number of hydrogen-bond acceptors (Lipinski definition) is 6. The molecule has 10 nitrogen and oxygen atoms in total. The van der Waals surface area contributed by atoms with E-state index >= 15 is 0 Å². The number of aryl methyl sites for hydroxylation is 3. The molecule has 0 saturated heterocycles. The van der Waals surface area contributed by atoms with E-state index in [4.69, 9.17) is 11.6 Å². The highest BCUT2D eigenvalue weighted by atomic mass is 35.5. The van der Waals surface area contributed by atoms with Crippen LogP contribution in [0.25, 0.3) is 22.1 Å². The largest absolute Gasteiger partial charge is 0.346 e. The van der Waals surface area contributed by atoms with Gasteiger partial charge in [-0.15, -0.1) is 5.10 Å². The zero-order chi connectivity index (χ0) is 22.6. The Kier molecular flexibility index (Phi) is 4.59. The summed E-state index contributed by atoms with van der Waals surface area (Å²) in [6, 6.07) is 11.0. The molecule has 5 aromatic rings. The first-order valence-corrected chi connectivity index (χ1v) is 10.2. The van der Waals surface area contributed by atoms with Gasteiger partial charge in [-0.3, -0.25) is 13.9 Å². The Labute approximate surface area is 186 Å². The summed E-state index contributed by atoms with van der Waals surface area (Å²) in [7, 11) is 5.21. The van der Waals surface area contributed by atoms with Crippen molar-refractivity contribution >= 4 is 45.4 Å². The predicted octanol–water partition coefficient (Wildman–Crippen LogP) is 2.16. The second-order valence-electron chi connectivity index (χ2n) is 7.53. The van der Waals surface area contributed by atoms with Crippen LogP contribution in [0.2, 0.25) is 5.02 Å². The molecule has 4 aromatic heterocycles. The van der Waals surface area contributed by atoms with E-state index < -0.39 is 11.2 Å². The van der Waals surface area contributed by atoms with Crippen LogP contribution in [0.15, 0.2) is 52.2 Å². The fourth-order valence-electron chi connectivity index (χ4n) is 3.87. The number of hydrogen-bond donors (Lipinski definition) is 1. The van der Waals surface area contributed by atoms with E-state index in [-0.39, 0.29) is 12.2 Å². The van der Waals surface area contributed by atoms with Crippen molar-refractivity contribution in [2.75, 3.05) is 5.32 Å². The number of imidazole rings is 1. The molecule has 0 radical (unpaired) electrons. The topological polar surface area (TPSA) is 105 Å².